The van der Waals surface area contributed by atoms with Crippen molar-refractivity contribution < 1.29 is 13.2 Å². The van der Waals surface area contributed by atoms with Crippen LogP contribution in [0.4, 0.5) is 18.9 Å². The number of nitrogens with zero attached hydrogens (tertiary/aromatic N) is 1. The fraction of sp³-hybridized carbons (Fsp3) is 0.600. The van der Waals surface area contributed by atoms with Crippen molar-refractivity contribution in [1.82, 2.24) is 5.32 Å². The number of rotatable bonds is 3. The van der Waals surface area contributed by atoms with Gasteiger partial charge in [0, 0.05) is 30.9 Å². The van der Waals surface area contributed by atoms with Crippen molar-refractivity contribution in [2.75, 3.05) is 18.0 Å². The highest BCUT2D eigenvalue weighted by molar-refractivity contribution is 5.55. The average molecular weight is 286 g/mol. The molecule has 5 heteroatoms. The van der Waals surface area contributed by atoms with Crippen molar-refractivity contribution >= 4 is 5.69 Å². The van der Waals surface area contributed by atoms with Gasteiger partial charge < -0.3 is 10.2 Å². The van der Waals surface area contributed by atoms with Crippen molar-refractivity contribution in [3.05, 3.63) is 29.8 Å². The molecule has 0 amide bonds. The lowest BCUT2D eigenvalue weighted by Gasteiger charge is -2.34. The highest BCUT2D eigenvalue weighted by Gasteiger charge is 2.32. The van der Waals surface area contributed by atoms with E-state index in [1.165, 1.54) is 0 Å². The van der Waals surface area contributed by atoms with E-state index in [-0.39, 0.29) is 12.1 Å². The first-order valence-electron chi connectivity index (χ1n) is 6.98. The molecule has 0 spiro atoms. The van der Waals surface area contributed by atoms with Crippen LogP contribution in [0.5, 0.6) is 0 Å². The van der Waals surface area contributed by atoms with E-state index in [2.05, 4.69) is 19.2 Å². The number of hydrogen-bond acceptors (Lipinski definition) is 2. The quantitative estimate of drug-likeness (QED) is 0.911. The Balaban J connectivity index is 2.24. The zero-order valence-electron chi connectivity index (χ0n) is 11.9. The third-order valence-electron chi connectivity index (χ3n) is 4.02. The van der Waals surface area contributed by atoms with E-state index in [1.54, 1.807) is 0 Å². The second-order valence-corrected chi connectivity index (χ2v) is 5.68. The van der Waals surface area contributed by atoms with Crippen LogP contribution >= 0.6 is 0 Å². The molecule has 0 aliphatic carbocycles. The summed E-state index contributed by atoms with van der Waals surface area (Å²) in [5.74, 6) is 0. The summed E-state index contributed by atoms with van der Waals surface area (Å²) in [7, 11) is 0. The van der Waals surface area contributed by atoms with Crippen molar-refractivity contribution in [2.45, 2.75) is 44.9 Å². The first kappa shape index (κ1) is 15.2. The highest BCUT2D eigenvalue weighted by atomic mass is 19.4. The van der Waals surface area contributed by atoms with Gasteiger partial charge in [0.05, 0.1) is 6.42 Å². The number of fused-ring (bicyclic) bond motifs is 1. The van der Waals surface area contributed by atoms with E-state index in [0.717, 1.165) is 17.7 Å². The second-order valence-electron chi connectivity index (χ2n) is 5.68. The summed E-state index contributed by atoms with van der Waals surface area (Å²) in [6.07, 6.45) is -4.01. The lowest BCUT2D eigenvalue weighted by molar-refractivity contribution is -0.132. The predicted octanol–water partition coefficient (Wildman–Crippen LogP) is 3.72. The minimum absolute atomic E-state index is 0.0117. The highest BCUT2D eigenvalue weighted by Crippen LogP contribution is 2.29. The Hall–Kier alpha value is -1.23. The largest absolute Gasteiger partial charge is 0.390 e. The van der Waals surface area contributed by atoms with E-state index in [0.29, 0.717) is 13.1 Å². The zero-order chi connectivity index (χ0) is 14.8. The molecule has 0 fully saturated rings. The Kier molecular flexibility index (Phi) is 4.28. The molecule has 1 aliphatic rings. The van der Waals surface area contributed by atoms with Crippen LogP contribution in [-0.4, -0.2) is 24.8 Å². The summed E-state index contributed by atoms with van der Waals surface area (Å²) in [5.41, 5.74) is 1.82. The van der Waals surface area contributed by atoms with Crippen LogP contribution in [0.1, 0.15) is 32.3 Å². The van der Waals surface area contributed by atoms with Gasteiger partial charge in [0.25, 0.3) is 0 Å². The van der Waals surface area contributed by atoms with Crippen LogP contribution < -0.4 is 10.2 Å². The monoisotopic (exact) mass is 286 g/mol. The van der Waals surface area contributed by atoms with E-state index in [1.807, 2.05) is 29.2 Å². The van der Waals surface area contributed by atoms with Gasteiger partial charge in [0.15, 0.2) is 0 Å². The van der Waals surface area contributed by atoms with Gasteiger partial charge >= 0.3 is 6.18 Å². The maximum atomic E-state index is 12.5. The number of alkyl halides is 3. The molecule has 2 rings (SSSR count). The van der Waals surface area contributed by atoms with Gasteiger partial charge in [-0.1, -0.05) is 25.1 Å². The molecule has 1 N–H and O–H groups in total. The van der Waals surface area contributed by atoms with E-state index < -0.39 is 12.6 Å². The molecule has 0 saturated carbocycles. The second kappa shape index (κ2) is 5.64. The number of halogens is 3. The molecular weight excluding hydrogens is 265 g/mol. The first-order valence-corrected chi connectivity index (χ1v) is 6.98. The van der Waals surface area contributed by atoms with Gasteiger partial charge in [-0.2, -0.15) is 13.2 Å². The molecule has 1 aliphatic heterocycles. The molecule has 2 nitrogen and oxygen atoms in total. The SMILES string of the molecule is CCC1(C)CN(CCC(F)(F)F)c2ccccc2CN1. The number of para-hydroxylation sites is 1. The zero-order valence-corrected chi connectivity index (χ0v) is 11.9. The molecule has 1 heterocycles. The fourth-order valence-electron chi connectivity index (χ4n) is 2.54. The van der Waals surface area contributed by atoms with Gasteiger partial charge in [-0.25, -0.2) is 0 Å². The number of anilines is 1. The van der Waals surface area contributed by atoms with Gasteiger partial charge in [-0.15, -0.1) is 0 Å². The summed E-state index contributed by atoms with van der Waals surface area (Å²) in [4.78, 5) is 1.87. The smallest absolute Gasteiger partial charge is 0.369 e. The third-order valence-corrected chi connectivity index (χ3v) is 4.02. The van der Waals surface area contributed by atoms with Crippen molar-refractivity contribution in [1.29, 1.82) is 0 Å². The van der Waals surface area contributed by atoms with Crippen molar-refractivity contribution in [3.63, 3.8) is 0 Å². The normalized spacial score (nSPS) is 23.4. The van der Waals surface area contributed by atoms with Gasteiger partial charge in [0.1, 0.15) is 0 Å². The molecule has 20 heavy (non-hydrogen) atoms. The summed E-state index contributed by atoms with van der Waals surface area (Å²) >= 11 is 0. The molecular formula is C15H21F3N2. The van der Waals surface area contributed by atoms with Gasteiger partial charge in [-0.3, -0.25) is 0 Å². The number of benzene rings is 1. The molecule has 1 aromatic carbocycles. The Bertz CT molecular complexity index is 459. The van der Waals surface area contributed by atoms with Crippen LogP contribution in [0.2, 0.25) is 0 Å². The minimum Gasteiger partial charge on any atom is -0.369 e. The molecule has 1 aromatic rings. The maximum Gasteiger partial charge on any atom is 0.390 e. The lowest BCUT2D eigenvalue weighted by atomic mass is 9.98. The molecule has 1 atom stereocenters. The molecule has 0 bridgehead atoms. The molecule has 0 aromatic heterocycles. The van der Waals surface area contributed by atoms with E-state index >= 15 is 0 Å². The molecule has 1 unspecified atom stereocenters. The third kappa shape index (κ3) is 3.66. The molecule has 0 radical (unpaired) electrons. The topological polar surface area (TPSA) is 15.3 Å². The van der Waals surface area contributed by atoms with Crippen LogP contribution in [-0.2, 0) is 6.54 Å². The molecule has 112 valence electrons. The van der Waals surface area contributed by atoms with Crippen molar-refractivity contribution in [2.24, 2.45) is 0 Å². The number of nitrogens with one attached hydrogen (secondary N) is 1. The number of hydrogen-bond donors (Lipinski definition) is 1. The predicted molar refractivity (Wildman–Crippen MR) is 74.9 cm³/mol. The summed E-state index contributed by atoms with van der Waals surface area (Å²) < 4.78 is 37.6. The van der Waals surface area contributed by atoms with Crippen LogP contribution in [0.15, 0.2) is 24.3 Å². The van der Waals surface area contributed by atoms with Crippen LogP contribution in [0, 0.1) is 0 Å². The van der Waals surface area contributed by atoms with Crippen molar-refractivity contribution in [3.8, 4) is 0 Å². The van der Waals surface area contributed by atoms with E-state index in [9.17, 15) is 13.2 Å². The Morgan fingerprint density at radius 3 is 2.65 bits per heavy atom. The summed E-state index contributed by atoms with van der Waals surface area (Å²) in [5, 5.41) is 3.47. The maximum absolute atomic E-state index is 12.5. The van der Waals surface area contributed by atoms with Crippen LogP contribution in [0.3, 0.4) is 0 Å². The summed E-state index contributed by atoms with van der Waals surface area (Å²) in [6.45, 7) is 5.43. The Morgan fingerprint density at radius 2 is 2.00 bits per heavy atom. The minimum atomic E-state index is -4.11. The van der Waals surface area contributed by atoms with Gasteiger partial charge in [0.2, 0.25) is 0 Å². The first-order chi connectivity index (χ1) is 9.33. The van der Waals surface area contributed by atoms with E-state index in [4.69, 9.17) is 0 Å². The average Bonchev–Trinajstić information content (AvgIpc) is 2.54. The van der Waals surface area contributed by atoms with Gasteiger partial charge in [-0.05, 0) is 25.0 Å². The Morgan fingerprint density at radius 1 is 1.30 bits per heavy atom. The Labute approximate surface area is 118 Å². The standard InChI is InChI=1S/C15H21F3N2/c1-3-14(2)11-20(9-8-15(16,17)18)13-7-5-4-6-12(13)10-19-14/h4-7,19H,3,8-11H2,1-2H3. The molecule has 0 saturated heterocycles. The lowest BCUT2D eigenvalue weighted by Crippen LogP contribution is -2.49. The van der Waals surface area contributed by atoms with Crippen LogP contribution in [0.25, 0.3) is 0 Å². The summed E-state index contributed by atoms with van der Waals surface area (Å²) in [6, 6.07) is 7.70. The fourth-order valence-corrected chi connectivity index (χ4v) is 2.54.